The van der Waals surface area contributed by atoms with E-state index in [0.29, 0.717) is 0 Å². The van der Waals surface area contributed by atoms with Crippen LogP contribution in [0, 0.1) is 0 Å². The summed E-state index contributed by atoms with van der Waals surface area (Å²) < 4.78 is 0. The van der Waals surface area contributed by atoms with Crippen LogP contribution < -0.4 is 0 Å². The number of ketones is 1. The fourth-order valence-electron chi connectivity index (χ4n) is 3.70. The van der Waals surface area contributed by atoms with E-state index in [1.54, 1.807) is 23.5 Å². The normalized spacial score (nSPS) is 12.4. The Bertz CT molecular complexity index is 1160. The first-order valence-electron chi connectivity index (χ1n) is 9.68. The van der Waals surface area contributed by atoms with E-state index >= 15 is 0 Å². The van der Waals surface area contributed by atoms with Gasteiger partial charge >= 0.3 is 0 Å². The molecule has 0 unspecified atom stereocenters. The maximum absolute atomic E-state index is 13.8. The highest BCUT2D eigenvalue weighted by Crippen LogP contribution is 2.44. The molecule has 0 N–H and O–H groups in total. The first kappa shape index (κ1) is 19.0. The van der Waals surface area contributed by atoms with Crippen molar-refractivity contribution in [2.24, 2.45) is 0 Å². The molecule has 4 aromatic rings. The highest BCUT2D eigenvalue weighted by atomic mass is 32.2. The van der Waals surface area contributed by atoms with E-state index in [9.17, 15) is 4.79 Å². The van der Waals surface area contributed by atoms with Crippen LogP contribution in [0.5, 0.6) is 0 Å². The Morgan fingerprint density at radius 2 is 0.967 bits per heavy atom. The van der Waals surface area contributed by atoms with Gasteiger partial charge in [0, 0.05) is 30.7 Å². The number of carbonyl (C=O) groups is 1. The third kappa shape index (κ3) is 3.41. The predicted molar refractivity (Wildman–Crippen MR) is 126 cm³/mol. The van der Waals surface area contributed by atoms with E-state index < -0.39 is 0 Å². The molecule has 0 aromatic heterocycles. The Morgan fingerprint density at radius 1 is 0.533 bits per heavy atom. The molecule has 3 heteroatoms. The first-order chi connectivity index (χ1) is 14.7. The van der Waals surface area contributed by atoms with Crippen LogP contribution >= 0.6 is 23.5 Å². The van der Waals surface area contributed by atoms with Gasteiger partial charge in [0.1, 0.15) is 0 Å². The Labute approximate surface area is 184 Å². The summed E-state index contributed by atoms with van der Waals surface area (Å²) in [5.74, 6) is 0.0745. The number of rotatable bonds is 4. The Morgan fingerprint density at radius 3 is 1.40 bits per heavy atom. The zero-order valence-electron chi connectivity index (χ0n) is 16.2. The van der Waals surface area contributed by atoms with E-state index in [4.69, 9.17) is 0 Å². The Kier molecular flexibility index (Phi) is 5.07. The summed E-state index contributed by atoms with van der Waals surface area (Å²) >= 11 is 3.25. The van der Waals surface area contributed by atoms with Crippen molar-refractivity contribution in [2.75, 3.05) is 0 Å². The topological polar surface area (TPSA) is 17.1 Å². The van der Waals surface area contributed by atoms with Gasteiger partial charge in [-0.3, -0.25) is 4.79 Å². The molecular formula is C27H18OS2. The molecule has 1 aliphatic carbocycles. The lowest BCUT2D eigenvalue weighted by atomic mass is 9.82. The van der Waals surface area contributed by atoms with Crippen molar-refractivity contribution in [3.8, 4) is 0 Å². The fraction of sp³-hybridized carbons (Fsp3) is 0. The molecule has 0 aliphatic heterocycles. The second-order valence-corrected chi connectivity index (χ2v) is 9.23. The number of hydrogen-bond acceptors (Lipinski definition) is 3. The largest absolute Gasteiger partial charge is 0.288 e. The van der Waals surface area contributed by atoms with Gasteiger partial charge < -0.3 is 0 Å². The van der Waals surface area contributed by atoms with Crippen molar-refractivity contribution in [3.63, 3.8) is 0 Å². The maximum Gasteiger partial charge on any atom is 0.196 e. The molecule has 0 atom stereocenters. The van der Waals surface area contributed by atoms with Crippen molar-refractivity contribution in [1.82, 2.24) is 0 Å². The van der Waals surface area contributed by atoms with Crippen LogP contribution in [-0.4, -0.2) is 5.78 Å². The lowest BCUT2D eigenvalue weighted by Gasteiger charge is -2.24. The highest BCUT2D eigenvalue weighted by molar-refractivity contribution is 7.99. The molecule has 0 spiro atoms. The second kappa shape index (κ2) is 8.02. The van der Waals surface area contributed by atoms with Crippen LogP contribution in [0.4, 0.5) is 0 Å². The summed E-state index contributed by atoms with van der Waals surface area (Å²) in [7, 11) is 0. The molecule has 0 saturated carbocycles. The average molecular weight is 423 g/mol. The molecule has 0 radical (unpaired) electrons. The molecule has 0 saturated heterocycles. The summed E-state index contributed by atoms with van der Waals surface area (Å²) in [6.45, 7) is 4.36. The first-order valence-corrected chi connectivity index (χ1v) is 11.3. The van der Waals surface area contributed by atoms with E-state index in [-0.39, 0.29) is 5.78 Å². The Hall–Kier alpha value is -3.01. The van der Waals surface area contributed by atoms with E-state index in [1.807, 2.05) is 72.8 Å². The average Bonchev–Trinajstić information content (AvgIpc) is 2.79. The van der Waals surface area contributed by atoms with Gasteiger partial charge in [-0.2, -0.15) is 0 Å². The van der Waals surface area contributed by atoms with E-state index in [1.165, 1.54) is 0 Å². The molecule has 1 nitrogen and oxygen atoms in total. The van der Waals surface area contributed by atoms with Crippen LogP contribution in [0.25, 0.3) is 5.57 Å². The van der Waals surface area contributed by atoms with Crippen LogP contribution in [0.3, 0.4) is 0 Å². The molecule has 144 valence electrons. The molecule has 4 aromatic carbocycles. The summed E-state index contributed by atoms with van der Waals surface area (Å²) in [6, 6.07) is 32.4. The summed E-state index contributed by atoms with van der Waals surface area (Å²) in [6.07, 6.45) is 0. The van der Waals surface area contributed by atoms with E-state index in [0.717, 1.165) is 47.4 Å². The predicted octanol–water partition coefficient (Wildman–Crippen LogP) is 7.59. The number of fused-ring (bicyclic) bond motifs is 2. The summed E-state index contributed by atoms with van der Waals surface area (Å²) in [5.41, 5.74) is 4.27. The lowest BCUT2D eigenvalue weighted by molar-refractivity contribution is 0.103. The molecule has 0 fully saturated rings. The third-order valence-corrected chi connectivity index (χ3v) is 7.23. The van der Waals surface area contributed by atoms with Gasteiger partial charge in [-0.05, 0) is 53.1 Å². The number of carbonyl (C=O) groups excluding carboxylic acids is 1. The SMILES string of the molecule is C=C1c2cccc(Sc3ccccc3)c2C(=O)c2c(Sc3ccccc3)cccc21. The Balaban J connectivity index is 1.62. The molecule has 5 rings (SSSR count). The van der Waals surface area contributed by atoms with Crippen molar-refractivity contribution in [1.29, 1.82) is 0 Å². The van der Waals surface area contributed by atoms with Gasteiger partial charge in [-0.25, -0.2) is 0 Å². The molecule has 0 heterocycles. The summed E-state index contributed by atoms with van der Waals surface area (Å²) in [5, 5.41) is 0. The molecular weight excluding hydrogens is 404 g/mol. The van der Waals surface area contributed by atoms with Gasteiger partial charge in [0.2, 0.25) is 0 Å². The van der Waals surface area contributed by atoms with Gasteiger partial charge in [0.05, 0.1) is 0 Å². The monoisotopic (exact) mass is 422 g/mol. The highest BCUT2D eigenvalue weighted by Gasteiger charge is 2.30. The lowest BCUT2D eigenvalue weighted by Crippen LogP contribution is -2.16. The second-order valence-electron chi connectivity index (χ2n) is 7.00. The smallest absolute Gasteiger partial charge is 0.196 e. The minimum Gasteiger partial charge on any atom is -0.288 e. The molecule has 0 bridgehead atoms. The quantitative estimate of drug-likeness (QED) is 0.297. The van der Waals surface area contributed by atoms with Crippen LogP contribution in [-0.2, 0) is 0 Å². The molecule has 30 heavy (non-hydrogen) atoms. The van der Waals surface area contributed by atoms with Gasteiger partial charge in [0.15, 0.2) is 5.78 Å². The number of hydrogen-bond donors (Lipinski definition) is 0. The maximum atomic E-state index is 13.8. The standard InChI is InChI=1S/C27H18OS2/c1-18-21-14-8-16-23(29-19-10-4-2-5-11-19)25(21)27(28)26-22(18)15-9-17-24(26)30-20-12-6-3-7-13-20/h2-17H,1H2. The van der Waals surface area contributed by atoms with Crippen LogP contribution in [0.1, 0.15) is 27.0 Å². The van der Waals surface area contributed by atoms with Crippen molar-refractivity contribution < 1.29 is 4.79 Å². The third-order valence-electron chi connectivity index (χ3n) is 5.10. The molecule has 0 amide bonds. The van der Waals surface area contributed by atoms with Crippen molar-refractivity contribution >= 4 is 34.9 Å². The van der Waals surface area contributed by atoms with Crippen LogP contribution in [0.2, 0.25) is 0 Å². The fourth-order valence-corrected chi connectivity index (χ4v) is 5.70. The summed E-state index contributed by atoms with van der Waals surface area (Å²) in [4.78, 5) is 18.0. The zero-order chi connectivity index (χ0) is 20.5. The van der Waals surface area contributed by atoms with Crippen molar-refractivity contribution in [3.05, 3.63) is 126 Å². The number of benzene rings is 4. The zero-order valence-corrected chi connectivity index (χ0v) is 17.8. The molecule has 1 aliphatic rings. The minimum atomic E-state index is 0.0745. The van der Waals surface area contributed by atoms with Gasteiger partial charge in [0.25, 0.3) is 0 Å². The van der Waals surface area contributed by atoms with Gasteiger partial charge in [-0.1, -0.05) is 90.8 Å². The van der Waals surface area contributed by atoms with Crippen LogP contribution in [0.15, 0.2) is 123 Å². The van der Waals surface area contributed by atoms with E-state index in [2.05, 4.69) is 30.8 Å². The minimum absolute atomic E-state index is 0.0745. The van der Waals surface area contributed by atoms with Gasteiger partial charge in [-0.15, -0.1) is 0 Å². The van der Waals surface area contributed by atoms with Crippen molar-refractivity contribution in [2.45, 2.75) is 19.6 Å².